The molecule has 0 heterocycles. The van der Waals surface area contributed by atoms with Crippen LogP contribution in [0.5, 0.6) is 28.7 Å². The molecule has 196 valence electrons. The highest BCUT2D eigenvalue weighted by Gasteiger charge is 2.21. The van der Waals surface area contributed by atoms with Crippen molar-refractivity contribution >= 4 is 27.7 Å². The molecule has 0 unspecified atom stereocenters. The lowest BCUT2D eigenvalue weighted by molar-refractivity contribution is -0.384. The van der Waals surface area contributed by atoms with Gasteiger partial charge in [-0.15, -0.1) is 0 Å². The standard InChI is InChI=1S/C26H27NO9S/c1-32-22-14-18(7-6-17-12-24(34-3)26(36-5)25(13-17)35-4)19(15-23(22)33-2)16-37(30,31)21-10-8-20(9-11-21)27(28)29/h6-15H,16H2,1-5H3/b7-6-. The maximum atomic E-state index is 13.2. The van der Waals surface area contributed by atoms with Gasteiger partial charge in [-0.05, 0) is 53.1 Å². The molecule has 0 aliphatic rings. The second-order valence-electron chi connectivity index (χ2n) is 7.71. The Morgan fingerprint density at radius 1 is 0.757 bits per heavy atom. The predicted octanol–water partition coefficient (Wildman–Crippen LogP) is 4.78. The van der Waals surface area contributed by atoms with Crippen LogP contribution in [0, 0.1) is 10.1 Å². The Morgan fingerprint density at radius 3 is 1.78 bits per heavy atom. The van der Waals surface area contributed by atoms with Crippen LogP contribution in [0.15, 0.2) is 53.4 Å². The number of nitro benzene ring substituents is 1. The molecular weight excluding hydrogens is 502 g/mol. The van der Waals surface area contributed by atoms with Crippen molar-refractivity contribution in [1.82, 2.24) is 0 Å². The van der Waals surface area contributed by atoms with Gasteiger partial charge in [0, 0.05) is 12.1 Å². The molecule has 0 aromatic heterocycles. The Balaban J connectivity index is 2.06. The summed E-state index contributed by atoms with van der Waals surface area (Å²) in [6.45, 7) is 0. The summed E-state index contributed by atoms with van der Waals surface area (Å²) in [7, 11) is 3.63. The van der Waals surface area contributed by atoms with E-state index in [1.165, 1.54) is 47.7 Å². The number of sulfone groups is 1. The highest BCUT2D eigenvalue weighted by Crippen LogP contribution is 2.39. The number of nitrogens with zero attached hydrogens (tertiary/aromatic N) is 1. The smallest absolute Gasteiger partial charge is 0.269 e. The number of rotatable bonds is 11. The zero-order valence-electron chi connectivity index (χ0n) is 21.0. The van der Waals surface area contributed by atoms with Gasteiger partial charge < -0.3 is 23.7 Å². The van der Waals surface area contributed by atoms with Crippen LogP contribution in [-0.2, 0) is 15.6 Å². The topological polar surface area (TPSA) is 123 Å². The quantitative estimate of drug-likeness (QED) is 0.196. The molecule has 0 bridgehead atoms. The summed E-state index contributed by atoms with van der Waals surface area (Å²) in [5.74, 6) is 1.79. The molecule has 0 fully saturated rings. The highest BCUT2D eigenvalue weighted by atomic mass is 32.2. The monoisotopic (exact) mass is 529 g/mol. The van der Waals surface area contributed by atoms with Crippen molar-refractivity contribution in [2.45, 2.75) is 10.6 Å². The van der Waals surface area contributed by atoms with Gasteiger partial charge >= 0.3 is 0 Å². The fraction of sp³-hybridized carbons (Fsp3) is 0.231. The molecule has 0 spiro atoms. The van der Waals surface area contributed by atoms with E-state index in [0.29, 0.717) is 45.4 Å². The molecule has 11 heteroatoms. The van der Waals surface area contributed by atoms with Crippen LogP contribution in [0.1, 0.15) is 16.7 Å². The van der Waals surface area contributed by atoms with E-state index in [1.807, 2.05) is 0 Å². The fourth-order valence-corrected chi connectivity index (χ4v) is 5.04. The summed E-state index contributed by atoms with van der Waals surface area (Å²) in [5, 5.41) is 10.9. The largest absolute Gasteiger partial charge is 0.493 e. The first-order valence-electron chi connectivity index (χ1n) is 10.9. The van der Waals surface area contributed by atoms with Crippen molar-refractivity contribution in [3.8, 4) is 28.7 Å². The van der Waals surface area contributed by atoms with Crippen LogP contribution < -0.4 is 23.7 Å². The molecule has 0 saturated heterocycles. The summed E-state index contributed by atoms with van der Waals surface area (Å²) in [5.41, 5.74) is 1.53. The number of benzene rings is 3. The molecule has 0 aliphatic heterocycles. The highest BCUT2D eigenvalue weighted by molar-refractivity contribution is 7.90. The second-order valence-corrected chi connectivity index (χ2v) is 9.70. The van der Waals surface area contributed by atoms with Crippen molar-refractivity contribution in [3.63, 3.8) is 0 Å². The van der Waals surface area contributed by atoms with Crippen molar-refractivity contribution in [2.75, 3.05) is 35.5 Å². The number of hydrogen-bond acceptors (Lipinski definition) is 9. The molecule has 0 radical (unpaired) electrons. The van der Waals surface area contributed by atoms with E-state index in [0.717, 1.165) is 12.1 Å². The van der Waals surface area contributed by atoms with E-state index >= 15 is 0 Å². The maximum Gasteiger partial charge on any atom is 0.269 e. The first-order chi connectivity index (χ1) is 17.7. The lowest BCUT2D eigenvalue weighted by Crippen LogP contribution is -2.07. The molecule has 0 amide bonds. The minimum atomic E-state index is -3.85. The van der Waals surface area contributed by atoms with Crippen LogP contribution in [0.25, 0.3) is 12.2 Å². The van der Waals surface area contributed by atoms with E-state index in [2.05, 4.69) is 0 Å². The Kier molecular flexibility index (Phi) is 8.61. The Morgan fingerprint density at radius 2 is 1.30 bits per heavy atom. The van der Waals surface area contributed by atoms with Crippen molar-refractivity contribution in [2.24, 2.45) is 0 Å². The van der Waals surface area contributed by atoms with Crippen molar-refractivity contribution < 1.29 is 37.0 Å². The van der Waals surface area contributed by atoms with Gasteiger partial charge in [0.1, 0.15) is 0 Å². The summed E-state index contributed by atoms with van der Waals surface area (Å²) >= 11 is 0. The van der Waals surface area contributed by atoms with Crippen molar-refractivity contribution in [3.05, 3.63) is 75.3 Å². The van der Waals surface area contributed by atoms with Gasteiger partial charge in [-0.1, -0.05) is 12.2 Å². The van der Waals surface area contributed by atoms with Gasteiger partial charge in [-0.3, -0.25) is 10.1 Å². The third-order valence-corrected chi connectivity index (χ3v) is 7.22. The number of non-ortho nitro benzene ring substituents is 1. The molecule has 37 heavy (non-hydrogen) atoms. The molecule has 10 nitrogen and oxygen atoms in total. The molecule has 3 aromatic carbocycles. The van der Waals surface area contributed by atoms with Crippen LogP contribution in [0.2, 0.25) is 0 Å². The number of hydrogen-bond donors (Lipinski definition) is 0. The van der Waals surface area contributed by atoms with Crippen LogP contribution in [-0.4, -0.2) is 48.9 Å². The third-order valence-electron chi connectivity index (χ3n) is 5.54. The Hall–Kier alpha value is -4.25. The molecule has 0 N–H and O–H groups in total. The van der Waals surface area contributed by atoms with E-state index in [4.69, 9.17) is 23.7 Å². The van der Waals surface area contributed by atoms with Gasteiger partial charge in [-0.2, -0.15) is 0 Å². The molecule has 0 atom stereocenters. The fourth-order valence-electron chi connectivity index (χ4n) is 3.66. The zero-order chi connectivity index (χ0) is 27.2. The summed E-state index contributed by atoms with van der Waals surface area (Å²) in [6, 6.07) is 11.5. The summed E-state index contributed by atoms with van der Waals surface area (Å²) in [4.78, 5) is 10.3. The molecule has 0 saturated carbocycles. The molecule has 3 aromatic rings. The predicted molar refractivity (Wildman–Crippen MR) is 139 cm³/mol. The Bertz CT molecular complexity index is 1390. The Labute approximate surface area is 215 Å². The molecular formula is C26H27NO9S. The van der Waals surface area contributed by atoms with Crippen molar-refractivity contribution in [1.29, 1.82) is 0 Å². The minimum Gasteiger partial charge on any atom is -0.493 e. The van der Waals surface area contributed by atoms with Gasteiger partial charge in [0.15, 0.2) is 32.8 Å². The average molecular weight is 530 g/mol. The lowest BCUT2D eigenvalue weighted by Gasteiger charge is -2.14. The number of methoxy groups -OCH3 is 5. The summed E-state index contributed by atoms with van der Waals surface area (Å²) < 4.78 is 53.3. The van der Waals surface area contributed by atoms with Gasteiger partial charge in [-0.25, -0.2) is 8.42 Å². The summed E-state index contributed by atoms with van der Waals surface area (Å²) in [6.07, 6.45) is 3.51. The molecule has 0 aliphatic carbocycles. The van der Waals surface area contributed by atoms with Gasteiger partial charge in [0.2, 0.25) is 5.75 Å². The minimum absolute atomic E-state index is 0.0348. The van der Waals surface area contributed by atoms with E-state index in [1.54, 1.807) is 36.4 Å². The first kappa shape index (κ1) is 27.3. The van der Waals surface area contributed by atoms with E-state index in [9.17, 15) is 18.5 Å². The van der Waals surface area contributed by atoms with E-state index in [-0.39, 0.29) is 16.3 Å². The number of ether oxygens (including phenoxy) is 5. The maximum absolute atomic E-state index is 13.2. The lowest BCUT2D eigenvalue weighted by atomic mass is 10.1. The van der Waals surface area contributed by atoms with Gasteiger partial charge in [0.25, 0.3) is 5.69 Å². The third kappa shape index (κ3) is 6.12. The number of nitro groups is 1. The van der Waals surface area contributed by atoms with E-state index < -0.39 is 14.8 Å². The van der Waals surface area contributed by atoms with Crippen LogP contribution >= 0.6 is 0 Å². The zero-order valence-corrected chi connectivity index (χ0v) is 21.8. The SMILES string of the molecule is COc1cc(/C=C\c2cc(OC)c(OC)c(OC)c2)c(CS(=O)(=O)c2ccc([N+](=O)[O-])cc2)cc1OC. The van der Waals surface area contributed by atoms with Crippen LogP contribution in [0.4, 0.5) is 5.69 Å². The second kappa shape index (κ2) is 11.7. The van der Waals surface area contributed by atoms with Crippen LogP contribution in [0.3, 0.4) is 0 Å². The first-order valence-corrected chi connectivity index (χ1v) is 12.5. The normalized spacial score (nSPS) is 11.3. The van der Waals surface area contributed by atoms with Gasteiger partial charge in [0.05, 0.1) is 51.1 Å². The molecule has 3 rings (SSSR count). The average Bonchev–Trinajstić information content (AvgIpc) is 2.91.